The molecule has 0 saturated carbocycles. The van der Waals surface area contributed by atoms with Crippen LogP contribution >= 0.6 is 11.3 Å². The number of piperidine rings is 1. The maximum absolute atomic E-state index is 12.1. The van der Waals surface area contributed by atoms with Crippen molar-refractivity contribution in [2.75, 3.05) is 24.6 Å². The summed E-state index contributed by atoms with van der Waals surface area (Å²) in [4.78, 5) is 15.4. The minimum Gasteiger partial charge on any atom is -0.392 e. The summed E-state index contributed by atoms with van der Waals surface area (Å²) in [6, 6.07) is 2.42. The van der Waals surface area contributed by atoms with Gasteiger partial charge in [0.15, 0.2) is 0 Å². The zero-order valence-electron chi connectivity index (χ0n) is 14.8. The molecule has 2 aliphatic heterocycles. The van der Waals surface area contributed by atoms with Crippen LogP contribution in [0.15, 0.2) is 17.5 Å². The van der Waals surface area contributed by atoms with Crippen molar-refractivity contribution in [2.45, 2.75) is 44.4 Å². The number of likely N-dealkylation sites (tertiary alicyclic amines) is 1. The van der Waals surface area contributed by atoms with Crippen molar-refractivity contribution in [1.82, 2.24) is 10.2 Å². The van der Waals surface area contributed by atoms with Crippen LogP contribution < -0.4 is 5.32 Å². The van der Waals surface area contributed by atoms with Crippen LogP contribution in [0.25, 0.3) is 6.08 Å². The first-order valence-electron chi connectivity index (χ1n) is 9.06. The van der Waals surface area contributed by atoms with E-state index in [9.17, 15) is 13.2 Å². The molecule has 1 aromatic rings. The number of thiophene rings is 1. The third-order valence-electron chi connectivity index (χ3n) is 5.17. The Morgan fingerprint density at radius 2 is 1.96 bits per heavy atom. The number of amides is 1. The Kier molecular flexibility index (Phi) is 6.50. The zero-order valence-corrected chi connectivity index (χ0v) is 16.4. The van der Waals surface area contributed by atoms with Crippen LogP contribution in [0.4, 0.5) is 0 Å². The minimum absolute atomic E-state index is 0.0159. The van der Waals surface area contributed by atoms with E-state index in [4.69, 9.17) is 5.11 Å². The van der Waals surface area contributed by atoms with Crippen molar-refractivity contribution < 1.29 is 18.3 Å². The Morgan fingerprint density at radius 1 is 1.27 bits per heavy atom. The molecule has 2 fully saturated rings. The number of hydrogen-bond acceptors (Lipinski definition) is 6. The second-order valence-corrected chi connectivity index (χ2v) is 10.3. The molecule has 2 N–H and O–H groups in total. The first kappa shape index (κ1) is 19.5. The van der Waals surface area contributed by atoms with Crippen molar-refractivity contribution in [3.63, 3.8) is 0 Å². The van der Waals surface area contributed by atoms with Crippen molar-refractivity contribution in [1.29, 1.82) is 0 Å². The van der Waals surface area contributed by atoms with E-state index in [1.807, 2.05) is 11.4 Å². The van der Waals surface area contributed by atoms with Crippen molar-refractivity contribution in [2.24, 2.45) is 0 Å². The van der Waals surface area contributed by atoms with E-state index in [1.165, 1.54) is 11.3 Å². The Hall–Kier alpha value is -1.22. The maximum Gasteiger partial charge on any atom is 0.244 e. The Bertz CT molecular complexity index is 735. The van der Waals surface area contributed by atoms with Gasteiger partial charge >= 0.3 is 0 Å². The van der Waals surface area contributed by atoms with E-state index in [2.05, 4.69) is 10.2 Å². The predicted molar refractivity (Wildman–Crippen MR) is 104 cm³/mol. The SMILES string of the molecule is O=C(C=Cc1cc(CO)cs1)NC1CCN(C2CCS(=O)(=O)CC2)CC1. The van der Waals surface area contributed by atoms with Crippen LogP contribution in [-0.2, 0) is 21.2 Å². The van der Waals surface area contributed by atoms with Crippen LogP contribution in [0.5, 0.6) is 0 Å². The lowest BCUT2D eigenvalue weighted by Crippen LogP contribution is -2.49. The predicted octanol–water partition coefficient (Wildman–Crippen LogP) is 1.41. The quantitative estimate of drug-likeness (QED) is 0.733. The molecule has 3 rings (SSSR count). The number of rotatable bonds is 5. The molecule has 0 aromatic carbocycles. The summed E-state index contributed by atoms with van der Waals surface area (Å²) in [6.45, 7) is 1.83. The fraction of sp³-hybridized carbons (Fsp3) is 0.611. The molecule has 26 heavy (non-hydrogen) atoms. The molecular weight excluding hydrogens is 372 g/mol. The van der Waals surface area contributed by atoms with Crippen LogP contribution in [0.3, 0.4) is 0 Å². The molecule has 0 unspecified atom stereocenters. The standard InChI is InChI=1S/C18H26N2O4S2/c21-12-14-11-17(25-13-14)1-2-18(22)19-15-3-7-20(8-4-15)16-5-9-26(23,24)10-6-16/h1-2,11,13,15-16,21H,3-10,12H2,(H,19,22). The smallest absolute Gasteiger partial charge is 0.244 e. The summed E-state index contributed by atoms with van der Waals surface area (Å²) in [5, 5.41) is 14.0. The molecule has 0 bridgehead atoms. The summed E-state index contributed by atoms with van der Waals surface area (Å²) in [5.74, 6) is 0.519. The highest BCUT2D eigenvalue weighted by Crippen LogP contribution is 2.22. The average molecular weight is 399 g/mol. The summed E-state index contributed by atoms with van der Waals surface area (Å²) >= 11 is 1.50. The normalized spacial score (nSPS) is 22.7. The van der Waals surface area contributed by atoms with Gasteiger partial charge in [0.2, 0.25) is 5.91 Å². The molecule has 0 spiro atoms. The van der Waals surface area contributed by atoms with Crippen LogP contribution in [0, 0.1) is 0 Å². The molecule has 2 aliphatic rings. The van der Waals surface area contributed by atoms with Crippen molar-refractivity contribution in [3.8, 4) is 0 Å². The second-order valence-electron chi connectivity index (χ2n) is 7.05. The number of sulfone groups is 1. The number of aliphatic hydroxyl groups excluding tert-OH is 1. The lowest BCUT2D eigenvalue weighted by Gasteiger charge is -2.39. The third-order valence-corrected chi connectivity index (χ3v) is 7.83. The highest BCUT2D eigenvalue weighted by molar-refractivity contribution is 7.91. The van der Waals surface area contributed by atoms with E-state index in [-0.39, 0.29) is 18.6 Å². The van der Waals surface area contributed by atoms with E-state index in [0.717, 1.165) is 49.2 Å². The summed E-state index contributed by atoms with van der Waals surface area (Å²) in [6.07, 6.45) is 6.59. The van der Waals surface area contributed by atoms with Gasteiger partial charge in [0.1, 0.15) is 9.84 Å². The van der Waals surface area contributed by atoms with Crippen LogP contribution in [0.2, 0.25) is 0 Å². The molecule has 3 heterocycles. The van der Waals surface area contributed by atoms with Gasteiger partial charge in [0.05, 0.1) is 18.1 Å². The number of nitrogens with zero attached hydrogens (tertiary/aromatic N) is 1. The molecule has 2 saturated heterocycles. The van der Waals surface area contributed by atoms with Crippen molar-refractivity contribution >= 4 is 33.2 Å². The molecule has 0 atom stereocenters. The largest absolute Gasteiger partial charge is 0.392 e. The molecule has 144 valence electrons. The molecule has 0 radical (unpaired) electrons. The maximum atomic E-state index is 12.1. The first-order valence-corrected chi connectivity index (χ1v) is 11.8. The number of nitrogens with one attached hydrogen (secondary N) is 1. The fourth-order valence-corrected chi connectivity index (χ4v) is 5.89. The van der Waals surface area contributed by atoms with E-state index >= 15 is 0 Å². The van der Waals surface area contributed by atoms with Crippen LogP contribution in [-0.4, -0.2) is 61.0 Å². The Balaban J connectivity index is 1.41. The van der Waals surface area contributed by atoms with Gasteiger partial charge in [0, 0.05) is 36.1 Å². The Labute approximate surface area is 158 Å². The van der Waals surface area contributed by atoms with Gasteiger partial charge in [-0.2, -0.15) is 0 Å². The molecule has 1 aromatic heterocycles. The van der Waals surface area contributed by atoms with Gasteiger partial charge in [-0.25, -0.2) is 8.42 Å². The number of hydrogen-bond donors (Lipinski definition) is 2. The van der Waals surface area contributed by atoms with E-state index in [0.29, 0.717) is 17.5 Å². The minimum atomic E-state index is -2.81. The fourth-order valence-electron chi connectivity index (χ4n) is 3.62. The van der Waals surface area contributed by atoms with Crippen LogP contribution in [0.1, 0.15) is 36.1 Å². The molecule has 0 aliphatic carbocycles. The lowest BCUT2D eigenvalue weighted by molar-refractivity contribution is -0.117. The van der Waals surface area contributed by atoms with E-state index in [1.54, 1.807) is 12.2 Å². The molecule has 6 nitrogen and oxygen atoms in total. The highest BCUT2D eigenvalue weighted by Gasteiger charge is 2.30. The van der Waals surface area contributed by atoms with Gasteiger partial charge < -0.3 is 15.3 Å². The highest BCUT2D eigenvalue weighted by atomic mass is 32.2. The van der Waals surface area contributed by atoms with Gasteiger partial charge in [-0.1, -0.05) is 0 Å². The second kappa shape index (κ2) is 8.65. The summed E-state index contributed by atoms with van der Waals surface area (Å²) in [7, 11) is -2.81. The molecule has 1 amide bonds. The summed E-state index contributed by atoms with van der Waals surface area (Å²) < 4.78 is 23.1. The van der Waals surface area contributed by atoms with Gasteiger partial charge in [0.25, 0.3) is 0 Å². The van der Waals surface area contributed by atoms with Gasteiger partial charge in [-0.3, -0.25) is 4.79 Å². The topological polar surface area (TPSA) is 86.7 Å². The Morgan fingerprint density at radius 3 is 2.58 bits per heavy atom. The first-order chi connectivity index (χ1) is 12.4. The van der Waals surface area contributed by atoms with Gasteiger partial charge in [-0.05, 0) is 48.8 Å². The van der Waals surface area contributed by atoms with Gasteiger partial charge in [-0.15, -0.1) is 11.3 Å². The lowest BCUT2D eigenvalue weighted by atomic mass is 10.0. The molecule has 8 heteroatoms. The van der Waals surface area contributed by atoms with Crippen molar-refractivity contribution in [3.05, 3.63) is 28.0 Å². The number of aliphatic hydroxyl groups is 1. The third kappa shape index (κ3) is 5.39. The summed E-state index contributed by atoms with van der Waals surface area (Å²) in [5.41, 5.74) is 0.859. The average Bonchev–Trinajstić information content (AvgIpc) is 3.09. The zero-order chi connectivity index (χ0) is 18.6. The monoisotopic (exact) mass is 398 g/mol. The van der Waals surface area contributed by atoms with E-state index < -0.39 is 9.84 Å². The molecular formula is C18H26N2O4S2. The number of carbonyl (C=O) groups is 1. The number of carbonyl (C=O) groups excluding carboxylic acids is 1.